The number of hydrogen-bond donors (Lipinski definition) is 0. The monoisotopic (exact) mass is 579 g/mol. The molecule has 3 aromatic rings. The van der Waals surface area contributed by atoms with Crippen LogP contribution in [-0.4, -0.2) is 21.3 Å². The number of thioether (sulfide) groups is 1. The number of fused-ring (bicyclic) bond motifs is 1. The fourth-order valence-corrected chi connectivity index (χ4v) is 7.29. The molecule has 1 unspecified atom stereocenters. The van der Waals surface area contributed by atoms with Crippen LogP contribution in [0.15, 0.2) is 45.7 Å². The predicted molar refractivity (Wildman–Crippen MR) is 175 cm³/mol. The molecule has 3 rings (SSSR count). The molecule has 2 aromatic heterocycles. The highest BCUT2D eigenvalue weighted by Gasteiger charge is 2.49. The number of carbonyl (C=O) groups is 1. The van der Waals surface area contributed by atoms with E-state index < -0.39 is 11.0 Å². The molecule has 2 heterocycles. The van der Waals surface area contributed by atoms with Crippen LogP contribution in [-0.2, 0) is 22.4 Å². The summed E-state index contributed by atoms with van der Waals surface area (Å²) in [7, 11) is 0. The maximum absolute atomic E-state index is 13.8. The third kappa shape index (κ3) is 8.18. The zero-order chi connectivity index (χ0) is 31.0. The van der Waals surface area contributed by atoms with Crippen molar-refractivity contribution in [2.75, 3.05) is 0 Å². The average molecular weight is 580 g/mol. The minimum atomic E-state index is -0.617. The molecule has 0 N–H and O–H groups in total. The second-order valence-electron chi connectivity index (χ2n) is 15.3. The van der Waals surface area contributed by atoms with Gasteiger partial charge in [0.2, 0.25) is 0 Å². The van der Waals surface area contributed by atoms with Gasteiger partial charge >= 0.3 is 5.97 Å². The molecular weight excluding hydrogens is 526 g/mol. The van der Waals surface area contributed by atoms with Crippen molar-refractivity contribution < 1.29 is 13.9 Å². The van der Waals surface area contributed by atoms with Crippen LogP contribution in [0.3, 0.4) is 0 Å². The van der Waals surface area contributed by atoms with Crippen molar-refractivity contribution in [3.63, 3.8) is 0 Å². The van der Waals surface area contributed by atoms with Crippen LogP contribution in [0.5, 0.6) is 0 Å². The summed E-state index contributed by atoms with van der Waals surface area (Å²) in [4.78, 5) is 19.7. The first-order valence-electron chi connectivity index (χ1n) is 15.1. The van der Waals surface area contributed by atoms with Crippen LogP contribution in [0.4, 0.5) is 0 Å². The molecule has 5 heteroatoms. The van der Waals surface area contributed by atoms with E-state index >= 15 is 0 Å². The molecule has 0 fully saturated rings. The van der Waals surface area contributed by atoms with Crippen molar-refractivity contribution in [3.8, 4) is 11.3 Å². The number of rotatable bonds is 10. The number of pyridine rings is 1. The summed E-state index contributed by atoms with van der Waals surface area (Å²) in [6.07, 6.45) is 3.26. The molecule has 4 nitrogen and oxygen atoms in total. The number of ether oxygens (including phenoxy) is 1. The third-order valence-electron chi connectivity index (χ3n) is 8.09. The number of esters is 1. The quantitative estimate of drug-likeness (QED) is 0.177. The fraction of sp³-hybridized carbons (Fsp3) is 0.611. The van der Waals surface area contributed by atoms with Crippen molar-refractivity contribution in [1.82, 2.24) is 4.98 Å². The lowest BCUT2D eigenvalue weighted by Crippen LogP contribution is -2.48. The van der Waals surface area contributed by atoms with Gasteiger partial charge in [-0.3, -0.25) is 9.78 Å². The Morgan fingerprint density at radius 3 is 2.07 bits per heavy atom. The standard InChI is InChI=1S/C36H53NO3S/c1-14-25-17-19-27(28(15-2)37-25)30-20-24-16-18-26(21-29(24)39-30)41-35(11,12)23-34(9,10)40-31(38)36(13,33(6,7)8)22-32(3,4)5/h16-21H,14-15,22-23H2,1-13H3. The highest BCUT2D eigenvalue weighted by molar-refractivity contribution is 8.00. The Kier molecular flexibility index (Phi) is 9.55. The van der Waals surface area contributed by atoms with E-state index in [2.05, 4.69) is 113 Å². The topological polar surface area (TPSA) is 52.3 Å². The van der Waals surface area contributed by atoms with Gasteiger partial charge in [-0.15, -0.1) is 11.8 Å². The highest BCUT2D eigenvalue weighted by atomic mass is 32.2. The smallest absolute Gasteiger partial charge is 0.312 e. The van der Waals surface area contributed by atoms with Crippen molar-refractivity contribution in [1.29, 1.82) is 0 Å². The molecule has 0 aliphatic heterocycles. The second kappa shape index (κ2) is 11.8. The van der Waals surface area contributed by atoms with Gasteiger partial charge in [0.05, 0.1) is 11.1 Å². The molecule has 0 aliphatic carbocycles. The lowest BCUT2D eigenvalue weighted by molar-refractivity contribution is -0.179. The zero-order valence-electron chi connectivity index (χ0n) is 27.9. The molecular formula is C36H53NO3S. The number of benzene rings is 1. The molecule has 1 aromatic carbocycles. The molecule has 0 amide bonds. The summed E-state index contributed by atoms with van der Waals surface area (Å²) >= 11 is 1.79. The molecule has 0 spiro atoms. The molecule has 0 saturated carbocycles. The van der Waals surface area contributed by atoms with Crippen LogP contribution in [0.1, 0.15) is 114 Å². The van der Waals surface area contributed by atoms with E-state index in [9.17, 15) is 4.79 Å². The summed E-state index contributed by atoms with van der Waals surface area (Å²) in [5, 5.41) is 1.08. The largest absolute Gasteiger partial charge is 0.459 e. The first-order chi connectivity index (χ1) is 18.7. The van der Waals surface area contributed by atoms with E-state index in [0.29, 0.717) is 6.42 Å². The average Bonchev–Trinajstić information content (AvgIpc) is 3.23. The Balaban J connectivity index is 1.79. The van der Waals surface area contributed by atoms with Crippen molar-refractivity contribution >= 4 is 28.7 Å². The summed E-state index contributed by atoms with van der Waals surface area (Å²) in [5.74, 6) is 0.752. The predicted octanol–water partition coefficient (Wildman–Crippen LogP) is 10.7. The number of carbonyl (C=O) groups excluding carboxylic acids is 1. The maximum atomic E-state index is 13.8. The lowest BCUT2D eigenvalue weighted by Gasteiger charge is -2.45. The van der Waals surface area contributed by atoms with Gasteiger partial charge in [0.25, 0.3) is 0 Å². The molecule has 1 atom stereocenters. The fourth-order valence-electron chi connectivity index (χ4n) is 5.93. The number of furan rings is 1. The third-order valence-corrected chi connectivity index (χ3v) is 9.28. The first-order valence-corrected chi connectivity index (χ1v) is 16.0. The minimum absolute atomic E-state index is 0.0122. The minimum Gasteiger partial charge on any atom is -0.459 e. The number of aryl methyl sites for hydroxylation is 2. The molecule has 0 radical (unpaired) electrons. The van der Waals surface area contributed by atoms with Crippen LogP contribution < -0.4 is 0 Å². The van der Waals surface area contributed by atoms with E-state index in [1.54, 1.807) is 11.8 Å². The van der Waals surface area contributed by atoms with Crippen molar-refractivity contribution in [3.05, 3.63) is 47.8 Å². The second-order valence-corrected chi connectivity index (χ2v) is 17.1. The van der Waals surface area contributed by atoms with Gasteiger partial charge in [-0.05, 0) is 87.3 Å². The molecule has 41 heavy (non-hydrogen) atoms. The van der Waals surface area contributed by atoms with Gasteiger partial charge < -0.3 is 9.15 Å². The highest BCUT2D eigenvalue weighted by Crippen LogP contribution is 2.49. The first kappa shape index (κ1) is 33.2. The van der Waals surface area contributed by atoms with Crippen LogP contribution in [0.2, 0.25) is 0 Å². The van der Waals surface area contributed by atoms with E-state index in [4.69, 9.17) is 14.1 Å². The van der Waals surface area contributed by atoms with Crippen molar-refractivity contribution in [2.45, 2.75) is 131 Å². The van der Waals surface area contributed by atoms with Crippen LogP contribution >= 0.6 is 11.8 Å². The van der Waals surface area contributed by atoms with E-state index in [1.165, 1.54) is 0 Å². The van der Waals surface area contributed by atoms with Gasteiger partial charge in [-0.1, -0.05) is 69.2 Å². The summed E-state index contributed by atoms with van der Waals surface area (Å²) in [6, 6.07) is 12.8. The molecule has 0 bridgehead atoms. The van der Waals surface area contributed by atoms with Crippen molar-refractivity contribution in [2.24, 2.45) is 16.2 Å². The van der Waals surface area contributed by atoms with Gasteiger partial charge in [0.1, 0.15) is 16.9 Å². The molecule has 0 saturated heterocycles. The number of hydrogen-bond acceptors (Lipinski definition) is 5. The SMILES string of the molecule is CCc1ccc(-c2cc3ccc(SC(C)(C)CC(C)(C)OC(=O)C(C)(CC(C)(C)C)C(C)(C)C)cc3o2)c(CC)n1. The Morgan fingerprint density at radius 2 is 1.51 bits per heavy atom. The normalized spacial score (nSPS) is 14.8. The maximum Gasteiger partial charge on any atom is 0.312 e. The van der Waals surface area contributed by atoms with E-state index in [-0.39, 0.29) is 21.5 Å². The van der Waals surface area contributed by atoms with E-state index in [1.807, 2.05) is 13.8 Å². The Morgan fingerprint density at radius 1 is 0.854 bits per heavy atom. The van der Waals surface area contributed by atoms with Crippen LogP contribution in [0, 0.1) is 16.2 Å². The summed E-state index contributed by atoms with van der Waals surface area (Å²) in [5.41, 5.74) is 2.69. The van der Waals surface area contributed by atoms with Gasteiger partial charge in [-0.2, -0.15) is 0 Å². The van der Waals surface area contributed by atoms with Crippen LogP contribution in [0.25, 0.3) is 22.3 Å². The van der Waals surface area contributed by atoms with Gasteiger partial charge in [-0.25, -0.2) is 0 Å². The van der Waals surface area contributed by atoms with Gasteiger partial charge in [0, 0.05) is 32.7 Å². The molecule has 226 valence electrons. The summed E-state index contributed by atoms with van der Waals surface area (Å²) < 4.78 is 12.5. The lowest BCUT2D eigenvalue weighted by atomic mass is 9.61. The number of aromatic nitrogens is 1. The van der Waals surface area contributed by atoms with Gasteiger partial charge in [0.15, 0.2) is 0 Å². The Bertz CT molecular complexity index is 1370. The number of nitrogens with zero attached hydrogens (tertiary/aromatic N) is 1. The Hall–Kier alpha value is -2.27. The zero-order valence-corrected chi connectivity index (χ0v) is 28.7. The summed E-state index contributed by atoms with van der Waals surface area (Å²) in [6.45, 7) is 27.9. The molecule has 0 aliphatic rings. The Labute approximate surface area is 253 Å². The van der Waals surface area contributed by atoms with E-state index in [0.717, 1.165) is 57.8 Å².